The number of benzene rings is 1. The van der Waals surface area contributed by atoms with E-state index in [0.29, 0.717) is 87.0 Å². The van der Waals surface area contributed by atoms with Gasteiger partial charge in [0, 0.05) is 103 Å². The summed E-state index contributed by atoms with van der Waals surface area (Å²) in [5.41, 5.74) is 1.36. The van der Waals surface area contributed by atoms with Crippen molar-refractivity contribution in [3.63, 3.8) is 0 Å². The minimum atomic E-state index is -1.51. The van der Waals surface area contributed by atoms with Crippen LogP contribution in [0.2, 0.25) is 0 Å². The van der Waals surface area contributed by atoms with Gasteiger partial charge in [0.05, 0.1) is 59.3 Å². The Balaban J connectivity index is 2.10. The van der Waals surface area contributed by atoms with Crippen LogP contribution in [-0.4, -0.2) is 243 Å². The molecule has 0 bridgehead atoms. The summed E-state index contributed by atoms with van der Waals surface area (Å²) in [5, 5.41) is 93.4. The number of aliphatic carboxylic acids is 3. The number of hydrogen-bond donors (Lipinski definition) is 16. The second kappa shape index (κ2) is 46.5. The predicted octanol–water partition coefficient (Wildman–Crippen LogP) is -0.700. The first-order chi connectivity index (χ1) is 41.4. The summed E-state index contributed by atoms with van der Waals surface area (Å²) in [6, 6.07) is 3.19. The van der Waals surface area contributed by atoms with Gasteiger partial charge >= 0.3 is 23.9 Å². The largest absolute Gasteiger partial charge is 0.481 e. The van der Waals surface area contributed by atoms with Gasteiger partial charge < -0.3 is 77.4 Å². The van der Waals surface area contributed by atoms with Gasteiger partial charge in [-0.2, -0.15) is 0 Å². The molecule has 0 radical (unpaired) electrons. The Morgan fingerprint density at radius 3 is 1.18 bits per heavy atom. The molecule has 0 aliphatic rings. The average molecular weight is 1280 g/mol. The molecule has 34 nitrogen and oxygen atoms in total. The lowest BCUT2D eigenvalue weighted by atomic mass is 10.1. The smallest absolute Gasteiger partial charge is 0.326 e. The van der Waals surface area contributed by atoms with Crippen LogP contribution in [0.5, 0.6) is 0 Å². The Hall–Kier alpha value is -7.71. The van der Waals surface area contributed by atoms with Crippen molar-refractivity contribution in [2.75, 3.05) is 109 Å². The zero-order valence-electron chi connectivity index (χ0n) is 48.4. The number of thiocarbonyl (C=S) groups is 2. The zero-order valence-corrected chi connectivity index (χ0v) is 50.1. The van der Waals surface area contributed by atoms with E-state index in [4.69, 9.17) is 43.8 Å². The molecular formula is C51H83N13O21S2. The zero-order chi connectivity index (χ0) is 64.9. The third kappa shape index (κ3) is 40.3. The van der Waals surface area contributed by atoms with Gasteiger partial charge in [-0.15, -0.1) is 0 Å². The van der Waals surface area contributed by atoms with E-state index in [-0.39, 0.29) is 137 Å². The first-order valence-corrected chi connectivity index (χ1v) is 28.6. The highest BCUT2D eigenvalue weighted by atomic mass is 32.1. The lowest BCUT2D eigenvalue weighted by molar-refractivity contribution is -0.168. The van der Waals surface area contributed by atoms with Gasteiger partial charge in [-0.1, -0.05) is 0 Å². The van der Waals surface area contributed by atoms with Crippen LogP contribution < -0.4 is 47.9 Å². The van der Waals surface area contributed by atoms with Gasteiger partial charge in [-0.3, -0.25) is 59.2 Å². The minimum absolute atomic E-state index is 0.0235. The highest BCUT2D eigenvalue weighted by molar-refractivity contribution is 7.80. The van der Waals surface area contributed by atoms with Crippen LogP contribution in [0.1, 0.15) is 96.8 Å². The van der Waals surface area contributed by atoms with E-state index in [1.807, 2.05) is 0 Å². The Morgan fingerprint density at radius 1 is 0.437 bits per heavy atom. The van der Waals surface area contributed by atoms with E-state index in [2.05, 4.69) is 47.9 Å². The number of ether oxygens (including phenoxy) is 3. The van der Waals surface area contributed by atoms with Gasteiger partial charge in [-0.05, 0) is 93.6 Å². The summed E-state index contributed by atoms with van der Waals surface area (Å²) in [5.74, 6) is -8.04. The summed E-state index contributed by atoms with van der Waals surface area (Å²) in [6.07, 6.45) is 0.382. The van der Waals surface area contributed by atoms with E-state index in [0.717, 1.165) is 0 Å². The number of carboxylic acid groups (broad SMARTS) is 3. The number of carbonyl (C=O) groups excluding carboxylic acids is 8. The van der Waals surface area contributed by atoms with Crippen molar-refractivity contribution in [2.45, 2.75) is 109 Å². The molecule has 0 aliphatic carbocycles. The lowest BCUT2D eigenvalue weighted by Crippen LogP contribution is -2.51. The molecule has 87 heavy (non-hydrogen) atoms. The fraction of sp³-hybridized carbons (Fsp3) is 0.627. The van der Waals surface area contributed by atoms with Crippen molar-refractivity contribution >= 4 is 111 Å². The highest BCUT2D eigenvalue weighted by Gasteiger charge is 2.25. The summed E-state index contributed by atoms with van der Waals surface area (Å²) in [6.45, 7) is 2.02. The lowest BCUT2D eigenvalue weighted by Gasteiger charge is -2.18. The molecule has 490 valence electrons. The molecular weight excluding hydrogens is 1190 g/mol. The third-order valence-electron chi connectivity index (χ3n) is 11.8. The number of carboxylic acids is 3. The van der Waals surface area contributed by atoms with E-state index in [1.54, 1.807) is 24.3 Å². The van der Waals surface area contributed by atoms with Gasteiger partial charge in [0.15, 0.2) is 10.2 Å². The number of unbranched alkanes of at least 4 members (excludes halogenated alkanes) is 3. The SMILES string of the molecule is CC(=O)N(O)CCOCCNC(=O)CCC(=O)N(O)CCOCCNC(=O)CCC(=O)N(O)CCOCCNC(=O)CCC(=O)N(O)CCCCCNC(=S)Nc1ccc(NC(=S)NCCCCC(NC(=O)NC(CCC(=O)O)C(=O)O)C(=O)O)cc1. The molecule has 0 aromatic heterocycles. The molecule has 0 heterocycles. The van der Waals surface area contributed by atoms with E-state index in [1.165, 1.54) is 6.92 Å². The molecule has 2 unspecified atom stereocenters. The minimum Gasteiger partial charge on any atom is -0.481 e. The van der Waals surface area contributed by atoms with Gasteiger partial charge in [0.1, 0.15) is 12.1 Å². The number of urea groups is 1. The number of rotatable bonds is 47. The molecule has 0 aliphatic heterocycles. The molecule has 0 fully saturated rings. The van der Waals surface area contributed by atoms with Crippen LogP contribution in [-0.2, 0) is 62.2 Å². The fourth-order valence-corrected chi connectivity index (χ4v) is 7.40. The van der Waals surface area contributed by atoms with E-state index < -0.39 is 83.8 Å². The van der Waals surface area contributed by atoms with Crippen molar-refractivity contribution in [2.24, 2.45) is 0 Å². The number of hydroxylamine groups is 8. The molecule has 0 spiro atoms. The van der Waals surface area contributed by atoms with Gasteiger partial charge in [0.2, 0.25) is 41.4 Å². The van der Waals surface area contributed by atoms with Crippen molar-refractivity contribution in [1.29, 1.82) is 0 Å². The van der Waals surface area contributed by atoms with Crippen LogP contribution in [0.25, 0.3) is 0 Å². The maximum Gasteiger partial charge on any atom is 0.326 e. The Morgan fingerprint density at radius 2 is 0.805 bits per heavy atom. The Kier molecular flexibility index (Phi) is 41.3. The fourth-order valence-electron chi connectivity index (χ4n) is 6.96. The number of nitrogens with zero attached hydrogens (tertiary/aromatic N) is 4. The number of carbonyl (C=O) groups is 11. The maximum atomic E-state index is 12.4. The van der Waals surface area contributed by atoms with E-state index >= 15 is 0 Å². The first-order valence-electron chi connectivity index (χ1n) is 27.8. The van der Waals surface area contributed by atoms with Gasteiger partial charge in [0.25, 0.3) is 0 Å². The molecule has 2 atom stereocenters. The monoisotopic (exact) mass is 1280 g/mol. The van der Waals surface area contributed by atoms with Crippen molar-refractivity contribution in [3.8, 4) is 0 Å². The predicted molar refractivity (Wildman–Crippen MR) is 313 cm³/mol. The normalized spacial score (nSPS) is 11.3. The molecule has 0 saturated heterocycles. The van der Waals surface area contributed by atoms with Crippen molar-refractivity contribution in [1.82, 2.24) is 57.5 Å². The molecule has 36 heteroatoms. The van der Waals surface area contributed by atoms with Crippen LogP contribution in [0, 0.1) is 0 Å². The summed E-state index contributed by atoms with van der Waals surface area (Å²) in [7, 11) is 0. The maximum absolute atomic E-state index is 12.4. The van der Waals surface area contributed by atoms with Crippen LogP contribution in [0.3, 0.4) is 0 Å². The number of hydrogen-bond acceptors (Lipinski definition) is 20. The summed E-state index contributed by atoms with van der Waals surface area (Å²) in [4.78, 5) is 130. The van der Waals surface area contributed by atoms with E-state index in [9.17, 15) is 83.8 Å². The number of amides is 9. The Labute approximate surface area is 512 Å². The van der Waals surface area contributed by atoms with Gasteiger partial charge in [-0.25, -0.2) is 34.6 Å². The average Bonchev–Trinajstić information content (AvgIpc) is 3.60. The molecule has 1 aromatic rings. The Bertz CT molecular complexity index is 2360. The second-order valence-electron chi connectivity index (χ2n) is 18.8. The molecule has 1 rings (SSSR count). The van der Waals surface area contributed by atoms with Crippen molar-refractivity contribution in [3.05, 3.63) is 24.3 Å². The van der Waals surface area contributed by atoms with Crippen LogP contribution in [0.15, 0.2) is 24.3 Å². The standard InChI is InChI=1S/C51H83N13O21S2/c1-35(65)61(79)26-32-83-29-22-52-41(67)14-17-44(70)63(81)28-34-85-31-24-54-42(68)15-18-45(71)64(82)27-33-84-30-23-53-40(66)13-16-43(69)62(80)25-6-2-4-20-55-50(86)57-36-8-10-37(11-9-36)58-51(87)56-21-5-3-7-38(47(74)75)59-49(78)60-39(48(76)77)12-19-46(72)73/h8-11,38-39,79-82H,2-7,12-34H2,1H3,(H,52,67)(H,53,66)(H,54,68)(H,72,73)(H,74,75)(H,76,77)(H2,55,57,86)(H2,56,58,87)(H2,59,60,78). The highest BCUT2D eigenvalue weighted by Crippen LogP contribution is 2.14. The van der Waals surface area contributed by atoms with Crippen molar-refractivity contribution < 1.29 is 103 Å². The quantitative estimate of drug-likeness (QED) is 0.0166. The van der Waals surface area contributed by atoms with Crippen LogP contribution >= 0.6 is 24.4 Å². The number of nitrogens with one attached hydrogen (secondary N) is 9. The third-order valence-corrected chi connectivity index (χ3v) is 12.3. The second-order valence-corrected chi connectivity index (χ2v) is 19.6. The topological polar surface area (TPSA) is 478 Å². The summed E-state index contributed by atoms with van der Waals surface area (Å²) >= 11 is 10.7. The molecule has 9 amide bonds. The molecule has 16 N–H and O–H groups in total. The number of anilines is 2. The van der Waals surface area contributed by atoms with Crippen LogP contribution in [0.4, 0.5) is 16.2 Å². The summed E-state index contributed by atoms with van der Waals surface area (Å²) < 4.78 is 15.8. The molecule has 1 aromatic carbocycles. The first kappa shape index (κ1) is 77.3. The molecule has 0 saturated carbocycles.